The van der Waals surface area contributed by atoms with Crippen LogP contribution in [-0.4, -0.2) is 30.7 Å². The van der Waals surface area contributed by atoms with Crippen molar-refractivity contribution in [2.75, 3.05) is 6.54 Å². The van der Waals surface area contributed by atoms with Crippen molar-refractivity contribution in [3.8, 4) is 0 Å². The lowest BCUT2D eigenvalue weighted by Crippen LogP contribution is -2.47. The van der Waals surface area contributed by atoms with E-state index in [0.717, 1.165) is 4.31 Å². The van der Waals surface area contributed by atoms with Crippen LogP contribution in [0.5, 0.6) is 0 Å². The topological polar surface area (TPSA) is 66.5 Å². The van der Waals surface area contributed by atoms with Gasteiger partial charge in [0.05, 0.1) is 11.4 Å². The van der Waals surface area contributed by atoms with Crippen molar-refractivity contribution in [3.63, 3.8) is 0 Å². The fraction of sp³-hybridized carbons (Fsp3) is 0.316. The summed E-state index contributed by atoms with van der Waals surface area (Å²) in [5, 5.41) is 3.57. The van der Waals surface area contributed by atoms with E-state index in [-0.39, 0.29) is 18.0 Å². The standard InChI is InChI=1S/C19H22Cl2N2O3S/c1-19(2,3)22-18(24)13-23(12-14-9-10-15(20)11-17(14)21)27(25,26)16-7-5-4-6-8-16/h4-11H,12-13H2,1-3H3,(H,22,24). The highest BCUT2D eigenvalue weighted by Gasteiger charge is 2.28. The van der Waals surface area contributed by atoms with Crippen LogP contribution in [0.15, 0.2) is 53.4 Å². The van der Waals surface area contributed by atoms with E-state index in [1.807, 2.05) is 20.8 Å². The van der Waals surface area contributed by atoms with Gasteiger partial charge in [0.15, 0.2) is 0 Å². The van der Waals surface area contributed by atoms with Gasteiger partial charge in [-0.1, -0.05) is 47.5 Å². The zero-order valence-corrected chi connectivity index (χ0v) is 17.7. The number of sulfonamides is 1. The zero-order valence-electron chi connectivity index (χ0n) is 15.4. The molecule has 1 amide bonds. The first-order valence-electron chi connectivity index (χ1n) is 8.29. The van der Waals surface area contributed by atoms with E-state index in [1.54, 1.807) is 36.4 Å². The fourth-order valence-electron chi connectivity index (χ4n) is 2.43. The number of benzene rings is 2. The van der Waals surface area contributed by atoms with Crippen LogP contribution in [0.3, 0.4) is 0 Å². The molecule has 27 heavy (non-hydrogen) atoms. The second-order valence-electron chi connectivity index (χ2n) is 7.12. The minimum atomic E-state index is -3.90. The molecule has 0 atom stereocenters. The molecule has 2 aromatic carbocycles. The van der Waals surface area contributed by atoms with Crippen LogP contribution in [0.4, 0.5) is 0 Å². The molecule has 0 radical (unpaired) electrons. The molecule has 1 N–H and O–H groups in total. The molecule has 0 aliphatic heterocycles. The van der Waals surface area contributed by atoms with Crippen LogP contribution >= 0.6 is 23.2 Å². The Hall–Kier alpha value is -1.60. The summed E-state index contributed by atoms with van der Waals surface area (Å²) in [4.78, 5) is 12.5. The highest BCUT2D eigenvalue weighted by Crippen LogP contribution is 2.25. The Balaban J connectivity index is 2.37. The van der Waals surface area contributed by atoms with Gasteiger partial charge in [0, 0.05) is 22.1 Å². The molecule has 0 heterocycles. The number of nitrogens with one attached hydrogen (secondary N) is 1. The normalized spacial score (nSPS) is 12.2. The maximum Gasteiger partial charge on any atom is 0.243 e. The van der Waals surface area contributed by atoms with E-state index in [9.17, 15) is 13.2 Å². The minimum Gasteiger partial charge on any atom is -0.350 e. The quantitative estimate of drug-likeness (QED) is 0.752. The van der Waals surface area contributed by atoms with Gasteiger partial charge in [0.2, 0.25) is 15.9 Å². The van der Waals surface area contributed by atoms with Gasteiger partial charge >= 0.3 is 0 Å². The number of amides is 1. The lowest BCUT2D eigenvalue weighted by atomic mass is 10.1. The highest BCUT2D eigenvalue weighted by molar-refractivity contribution is 7.89. The molecule has 0 bridgehead atoms. The Bertz CT molecular complexity index is 910. The van der Waals surface area contributed by atoms with Crippen molar-refractivity contribution in [2.24, 2.45) is 0 Å². The number of nitrogens with zero attached hydrogens (tertiary/aromatic N) is 1. The molecule has 0 aromatic heterocycles. The number of carbonyl (C=O) groups is 1. The Labute approximate surface area is 170 Å². The first-order valence-corrected chi connectivity index (χ1v) is 10.5. The molecule has 0 spiro atoms. The second kappa shape index (κ2) is 8.61. The zero-order chi connectivity index (χ0) is 20.2. The van der Waals surface area contributed by atoms with E-state index >= 15 is 0 Å². The third-order valence-corrected chi connectivity index (χ3v) is 5.97. The van der Waals surface area contributed by atoms with Crippen LogP contribution in [0.25, 0.3) is 0 Å². The summed E-state index contributed by atoms with van der Waals surface area (Å²) in [6.07, 6.45) is 0. The third-order valence-electron chi connectivity index (χ3n) is 3.58. The molecule has 5 nitrogen and oxygen atoms in total. The number of halogens is 2. The summed E-state index contributed by atoms with van der Waals surface area (Å²) >= 11 is 12.1. The number of hydrogen-bond donors (Lipinski definition) is 1. The molecule has 0 aliphatic rings. The second-order valence-corrected chi connectivity index (χ2v) is 9.90. The largest absolute Gasteiger partial charge is 0.350 e. The monoisotopic (exact) mass is 428 g/mol. The minimum absolute atomic E-state index is 0.0508. The SMILES string of the molecule is CC(C)(C)NC(=O)CN(Cc1ccc(Cl)cc1Cl)S(=O)(=O)c1ccccc1. The van der Waals surface area contributed by atoms with Gasteiger partial charge in [-0.3, -0.25) is 4.79 Å². The molecule has 0 unspecified atom stereocenters. The number of rotatable bonds is 6. The molecular weight excluding hydrogens is 407 g/mol. The molecule has 0 fully saturated rings. The molecule has 8 heteroatoms. The average molecular weight is 429 g/mol. The van der Waals surface area contributed by atoms with Crippen LogP contribution < -0.4 is 5.32 Å². The van der Waals surface area contributed by atoms with E-state index < -0.39 is 21.5 Å². The molecule has 2 rings (SSSR count). The maximum absolute atomic E-state index is 13.1. The molecule has 146 valence electrons. The van der Waals surface area contributed by atoms with Gasteiger partial charge in [0.1, 0.15) is 0 Å². The van der Waals surface area contributed by atoms with Gasteiger partial charge in [0.25, 0.3) is 0 Å². The smallest absolute Gasteiger partial charge is 0.243 e. The van der Waals surface area contributed by atoms with E-state index in [0.29, 0.717) is 15.6 Å². The summed E-state index contributed by atoms with van der Waals surface area (Å²) in [5.74, 6) is -0.396. The van der Waals surface area contributed by atoms with Crippen molar-refractivity contribution in [1.82, 2.24) is 9.62 Å². The van der Waals surface area contributed by atoms with Gasteiger partial charge in [-0.25, -0.2) is 8.42 Å². The molecule has 0 saturated carbocycles. The molecular formula is C19H22Cl2N2O3S. The summed E-state index contributed by atoms with van der Waals surface area (Å²) in [6.45, 7) is 5.11. The first kappa shape index (κ1) is 21.7. The van der Waals surface area contributed by atoms with Crippen molar-refractivity contribution in [1.29, 1.82) is 0 Å². The first-order chi connectivity index (χ1) is 12.5. The lowest BCUT2D eigenvalue weighted by Gasteiger charge is -2.26. The summed E-state index contributed by atoms with van der Waals surface area (Å²) in [6, 6.07) is 12.8. The van der Waals surface area contributed by atoms with Gasteiger partial charge < -0.3 is 5.32 Å². The van der Waals surface area contributed by atoms with Crippen LogP contribution in [-0.2, 0) is 21.4 Å². The number of hydrogen-bond acceptors (Lipinski definition) is 3. The van der Waals surface area contributed by atoms with Crippen LogP contribution in [0.1, 0.15) is 26.3 Å². The molecule has 0 saturated heterocycles. The van der Waals surface area contributed by atoms with Crippen molar-refractivity contribution >= 4 is 39.1 Å². The van der Waals surface area contributed by atoms with Crippen LogP contribution in [0.2, 0.25) is 10.0 Å². The van der Waals surface area contributed by atoms with Crippen molar-refractivity contribution in [3.05, 3.63) is 64.1 Å². The fourth-order valence-corrected chi connectivity index (χ4v) is 4.29. The predicted octanol–water partition coefficient (Wildman–Crippen LogP) is 4.10. The Morgan fingerprint density at radius 2 is 1.70 bits per heavy atom. The lowest BCUT2D eigenvalue weighted by molar-refractivity contribution is -0.122. The van der Waals surface area contributed by atoms with E-state index in [4.69, 9.17) is 23.2 Å². The van der Waals surface area contributed by atoms with Crippen LogP contribution in [0, 0.1) is 0 Å². The summed E-state index contributed by atoms with van der Waals surface area (Å²) in [5.41, 5.74) is 0.0844. The summed E-state index contributed by atoms with van der Waals surface area (Å²) < 4.78 is 27.3. The Kier molecular flexibility index (Phi) is 6.92. The Morgan fingerprint density at radius 3 is 2.26 bits per heavy atom. The third kappa shape index (κ3) is 6.21. The Morgan fingerprint density at radius 1 is 1.07 bits per heavy atom. The number of carbonyl (C=O) groups excluding carboxylic acids is 1. The average Bonchev–Trinajstić information content (AvgIpc) is 2.55. The van der Waals surface area contributed by atoms with Crippen molar-refractivity contribution < 1.29 is 13.2 Å². The van der Waals surface area contributed by atoms with Crippen molar-refractivity contribution in [2.45, 2.75) is 37.8 Å². The maximum atomic E-state index is 13.1. The summed E-state index contributed by atoms with van der Waals surface area (Å²) in [7, 11) is -3.90. The molecule has 2 aromatic rings. The predicted molar refractivity (Wildman–Crippen MR) is 108 cm³/mol. The van der Waals surface area contributed by atoms with Gasteiger partial charge in [-0.2, -0.15) is 4.31 Å². The van der Waals surface area contributed by atoms with E-state index in [1.165, 1.54) is 12.1 Å². The highest BCUT2D eigenvalue weighted by atomic mass is 35.5. The van der Waals surface area contributed by atoms with Gasteiger partial charge in [-0.05, 0) is 50.6 Å². The van der Waals surface area contributed by atoms with E-state index in [2.05, 4.69) is 5.32 Å². The molecule has 0 aliphatic carbocycles. The van der Waals surface area contributed by atoms with Gasteiger partial charge in [-0.15, -0.1) is 0 Å².